The molecule has 2 nitrogen and oxygen atoms in total. The van der Waals surface area contributed by atoms with Crippen LogP contribution < -0.4 is 0 Å². The zero-order valence-corrected chi connectivity index (χ0v) is 4.81. The molecule has 1 atom stereocenters. The highest BCUT2D eigenvalue weighted by Gasteiger charge is 2.30. The molecule has 0 unspecified atom stereocenters. The van der Waals surface area contributed by atoms with Crippen molar-refractivity contribution in [3.05, 3.63) is 12.2 Å². The van der Waals surface area contributed by atoms with E-state index in [0.29, 0.717) is 6.61 Å². The van der Waals surface area contributed by atoms with Crippen LogP contribution in [0.5, 0.6) is 0 Å². The van der Waals surface area contributed by atoms with Crippen molar-refractivity contribution in [1.29, 1.82) is 0 Å². The number of cyclic esters (lactones) is 1. The molecule has 0 radical (unpaired) electrons. The van der Waals surface area contributed by atoms with Crippen molar-refractivity contribution >= 4 is 5.97 Å². The van der Waals surface area contributed by atoms with Gasteiger partial charge in [-0.1, -0.05) is 12.2 Å². The summed E-state index contributed by atoms with van der Waals surface area (Å²) in [6.07, 6.45) is 0. The van der Waals surface area contributed by atoms with E-state index >= 15 is 0 Å². The molecule has 0 aromatic carbocycles. The van der Waals surface area contributed by atoms with Crippen LogP contribution in [-0.2, 0) is 9.53 Å². The standard InChI is InChI=1S/C6H8O2/c1-4(2)5-3-8-6(5)7/h5H,1,3H2,2H3/t5-/m0/s1. The Morgan fingerprint density at radius 1 is 2.00 bits per heavy atom. The van der Waals surface area contributed by atoms with E-state index in [1.54, 1.807) is 0 Å². The fourth-order valence-electron chi connectivity index (χ4n) is 0.578. The molecule has 0 aromatic heterocycles. The lowest BCUT2D eigenvalue weighted by Crippen LogP contribution is -2.34. The summed E-state index contributed by atoms with van der Waals surface area (Å²) < 4.78 is 4.50. The van der Waals surface area contributed by atoms with E-state index in [1.807, 2.05) is 6.92 Å². The maximum absolute atomic E-state index is 10.4. The van der Waals surface area contributed by atoms with Crippen molar-refractivity contribution in [3.63, 3.8) is 0 Å². The Balaban J connectivity index is 2.49. The summed E-state index contributed by atoms with van der Waals surface area (Å²) in [7, 11) is 0. The predicted molar refractivity (Wildman–Crippen MR) is 29.3 cm³/mol. The van der Waals surface area contributed by atoms with Crippen LogP contribution in [-0.4, -0.2) is 12.6 Å². The van der Waals surface area contributed by atoms with E-state index in [0.717, 1.165) is 5.57 Å². The smallest absolute Gasteiger partial charge is 0.316 e. The first-order valence-electron chi connectivity index (χ1n) is 2.54. The topological polar surface area (TPSA) is 26.3 Å². The molecule has 1 heterocycles. The van der Waals surface area contributed by atoms with Crippen molar-refractivity contribution in [2.45, 2.75) is 6.92 Å². The minimum Gasteiger partial charge on any atom is -0.464 e. The molecule has 1 aliphatic rings. The summed E-state index contributed by atoms with van der Waals surface area (Å²) in [5.74, 6) is -0.132. The van der Waals surface area contributed by atoms with Crippen LogP contribution in [0.2, 0.25) is 0 Å². The minimum atomic E-state index is -0.127. The molecule has 0 spiro atoms. The van der Waals surface area contributed by atoms with Crippen molar-refractivity contribution in [3.8, 4) is 0 Å². The SMILES string of the molecule is C=C(C)[C@@H]1COC1=O. The third-order valence-electron chi connectivity index (χ3n) is 1.27. The van der Waals surface area contributed by atoms with Crippen LogP contribution in [0.1, 0.15) is 6.92 Å². The number of carbonyl (C=O) groups excluding carboxylic acids is 1. The van der Waals surface area contributed by atoms with E-state index in [4.69, 9.17) is 0 Å². The quantitative estimate of drug-likeness (QED) is 0.369. The molecule has 1 rings (SSSR count). The number of esters is 1. The maximum atomic E-state index is 10.4. The molecule has 0 saturated carbocycles. The summed E-state index contributed by atoms with van der Waals surface area (Å²) in [6.45, 7) is 6.00. The van der Waals surface area contributed by atoms with Gasteiger partial charge in [0.25, 0.3) is 0 Å². The number of hydrogen-bond acceptors (Lipinski definition) is 2. The van der Waals surface area contributed by atoms with Gasteiger partial charge in [0.1, 0.15) is 12.5 Å². The van der Waals surface area contributed by atoms with E-state index in [9.17, 15) is 4.79 Å². The fourth-order valence-corrected chi connectivity index (χ4v) is 0.578. The van der Waals surface area contributed by atoms with Crippen molar-refractivity contribution in [2.24, 2.45) is 5.92 Å². The van der Waals surface area contributed by atoms with E-state index < -0.39 is 0 Å². The van der Waals surface area contributed by atoms with Crippen LogP contribution in [0.25, 0.3) is 0 Å². The van der Waals surface area contributed by atoms with Crippen molar-refractivity contribution in [1.82, 2.24) is 0 Å². The first-order chi connectivity index (χ1) is 3.72. The largest absolute Gasteiger partial charge is 0.464 e. The van der Waals surface area contributed by atoms with Gasteiger partial charge in [0, 0.05) is 0 Å². The second-order valence-corrected chi connectivity index (χ2v) is 2.03. The second-order valence-electron chi connectivity index (χ2n) is 2.03. The molecule has 2 heteroatoms. The molecule has 44 valence electrons. The summed E-state index contributed by atoms with van der Waals surface area (Å²) in [5.41, 5.74) is 0.904. The summed E-state index contributed by atoms with van der Waals surface area (Å²) >= 11 is 0. The molecule has 1 fully saturated rings. The van der Waals surface area contributed by atoms with Crippen molar-refractivity contribution < 1.29 is 9.53 Å². The van der Waals surface area contributed by atoms with Gasteiger partial charge in [-0.05, 0) is 6.92 Å². The van der Waals surface area contributed by atoms with Crippen LogP contribution in [0.3, 0.4) is 0 Å². The van der Waals surface area contributed by atoms with Gasteiger partial charge in [0.05, 0.1) is 0 Å². The molecule has 1 aliphatic heterocycles. The first-order valence-corrected chi connectivity index (χ1v) is 2.54. The minimum absolute atomic E-state index is 0.00463. The van der Waals surface area contributed by atoms with Gasteiger partial charge < -0.3 is 4.74 Å². The zero-order valence-electron chi connectivity index (χ0n) is 4.81. The summed E-state index contributed by atoms with van der Waals surface area (Å²) in [5, 5.41) is 0. The summed E-state index contributed by atoms with van der Waals surface area (Å²) in [6, 6.07) is 0. The molecule has 0 amide bonds. The summed E-state index contributed by atoms with van der Waals surface area (Å²) in [4.78, 5) is 10.4. The Morgan fingerprint density at radius 2 is 2.62 bits per heavy atom. The van der Waals surface area contributed by atoms with Crippen LogP contribution in [0, 0.1) is 5.92 Å². The predicted octanol–water partition coefficient (Wildman–Crippen LogP) is 0.736. The third-order valence-corrected chi connectivity index (χ3v) is 1.27. The zero-order chi connectivity index (χ0) is 6.15. The Kier molecular flexibility index (Phi) is 1.08. The monoisotopic (exact) mass is 112 g/mol. The highest BCUT2D eigenvalue weighted by atomic mass is 16.6. The van der Waals surface area contributed by atoms with Gasteiger partial charge in [-0.25, -0.2) is 0 Å². The number of carbonyl (C=O) groups is 1. The van der Waals surface area contributed by atoms with Gasteiger partial charge in [0.15, 0.2) is 0 Å². The molecular weight excluding hydrogens is 104 g/mol. The van der Waals surface area contributed by atoms with Gasteiger partial charge in [0.2, 0.25) is 0 Å². The van der Waals surface area contributed by atoms with Gasteiger partial charge in [-0.2, -0.15) is 0 Å². The number of hydrogen-bond donors (Lipinski definition) is 0. The molecule has 8 heavy (non-hydrogen) atoms. The maximum Gasteiger partial charge on any atom is 0.316 e. The fraction of sp³-hybridized carbons (Fsp3) is 0.500. The number of ether oxygens (including phenoxy) is 1. The Hall–Kier alpha value is -0.790. The van der Waals surface area contributed by atoms with Crippen molar-refractivity contribution in [2.75, 3.05) is 6.61 Å². The average molecular weight is 112 g/mol. The lowest BCUT2D eigenvalue weighted by atomic mass is 10.0. The second kappa shape index (κ2) is 1.62. The third kappa shape index (κ3) is 0.619. The van der Waals surface area contributed by atoms with Crippen LogP contribution >= 0.6 is 0 Å². The molecule has 0 aliphatic carbocycles. The Bertz CT molecular complexity index is 129. The van der Waals surface area contributed by atoms with E-state index in [-0.39, 0.29) is 11.9 Å². The highest BCUT2D eigenvalue weighted by molar-refractivity contribution is 5.80. The molecule has 0 aromatic rings. The molecular formula is C6H8O2. The number of rotatable bonds is 1. The normalized spacial score (nSPS) is 26.1. The van der Waals surface area contributed by atoms with Crippen LogP contribution in [0.4, 0.5) is 0 Å². The van der Waals surface area contributed by atoms with E-state index in [2.05, 4.69) is 11.3 Å². The van der Waals surface area contributed by atoms with E-state index in [1.165, 1.54) is 0 Å². The Labute approximate surface area is 48.1 Å². The molecule has 1 saturated heterocycles. The van der Waals surface area contributed by atoms with Gasteiger partial charge >= 0.3 is 5.97 Å². The lowest BCUT2D eigenvalue weighted by Gasteiger charge is -2.24. The lowest BCUT2D eigenvalue weighted by molar-refractivity contribution is -0.165. The van der Waals surface area contributed by atoms with Crippen LogP contribution in [0.15, 0.2) is 12.2 Å². The highest BCUT2D eigenvalue weighted by Crippen LogP contribution is 2.18. The van der Waals surface area contributed by atoms with Gasteiger partial charge in [-0.15, -0.1) is 0 Å². The Morgan fingerprint density at radius 3 is 2.62 bits per heavy atom. The molecule has 0 N–H and O–H groups in total. The van der Waals surface area contributed by atoms with Gasteiger partial charge in [-0.3, -0.25) is 4.79 Å². The molecule has 0 bridgehead atoms. The average Bonchev–Trinajstić information content (AvgIpc) is 1.61. The first kappa shape index (κ1) is 5.35.